The van der Waals surface area contributed by atoms with Crippen molar-refractivity contribution in [3.63, 3.8) is 0 Å². The number of aliphatic hydroxyl groups is 1. The summed E-state index contributed by atoms with van der Waals surface area (Å²) in [6.07, 6.45) is 4.44. The van der Waals surface area contributed by atoms with Crippen molar-refractivity contribution in [2.24, 2.45) is 5.73 Å². The van der Waals surface area contributed by atoms with Gasteiger partial charge in [-0.3, -0.25) is 4.68 Å². The molecule has 0 fully saturated rings. The van der Waals surface area contributed by atoms with Crippen molar-refractivity contribution in [1.29, 1.82) is 0 Å². The van der Waals surface area contributed by atoms with Gasteiger partial charge in [-0.05, 0) is 39.7 Å². The Morgan fingerprint density at radius 1 is 1.40 bits per heavy atom. The Kier molecular flexibility index (Phi) is 3.21. The second-order valence-corrected chi connectivity index (χ2v) is 5.45. The molecule has 4 heteroatoms. The molecule has 0 amide bonds. The van der Waals surface area contributed by atoms with Crippen LogP contribution in [0.15, 0.2) is 12.4 Å². The van der Waals surface area contributed by atoms with E-state index < -0.39 is 5.54 Å². The number of rotatable bonds is 3. The molecule has 0 aliphatic heterocycles. The van der Waals surface area contributed by atoms with Crippen molar-refractivity contribution in [2.45, 2.75) is 45.2 Å². The third-order valence-corrected chi connectivity index (χ3v) is 2.29. The minimum absolute atomic E-state index is 0.0114. The third kappa shape index (κ3) is 3.32. The zero-order chi connectivity index (χ0) is 11.7. The van der Waals surface area contributed by atoms with Crippen molar-refractivity contribution in [2.75, 3.05) is 6.61 Å². The van der Waals surface area contributed by atoms with Gasteiger partial charge in [0.2, 0.25) is 0 Å². The molecule has 0 saturated heterocycles. The fourth-order valence-corrected chi connectivity index (χ4v) is 1.34. The van der Waals surface area contributed by atoms with E-state index in [-0.39, 0.29) is 12.1 Å². The molecule has 0 radical (unpaired) electrons. The van der Waals surface area contributed by atoms with Gasteiger partial charge >= 0.3 is 0 Å². The van der Waals surface area contributed by atoms with Crippen molar-refractivity contribution in [1.82, 2.24) is 9.78 Å². The van der Waals surface area contributed by atoms with Gasteiger partial charge in [-0.1, -0.05) is 0 Å². The van der Waals surface area contributed by atoms with Crippen molar-refractivity contribution in [3.05, 3.63) is 18.0 Å². The Balaban J connectivity index is 2.78. The molecule has 0 bridgehead atoms. The van der Waals surface area contributed by atoms with Crippen LogP contribution in [-0.4, -0.2) is 27.0 Å². The van der Waals surface area contributed by atoms with Crippen molar-refractivity contribution in [3.8, 4) is 0 Å². The smallest absolute Gasteiger partial charge is 0.0611 e. The van der Waals surface area contributed by atoms with E-state index in [4.69, 9.17) is 10.8 Å². The van der Waals surface area contributed by atoms with Gasteiger partial charge in [0, 0.05) is 11.7 Å². The van der Waals surface area contributed by atoms with Crippen LogP contribution >= 0.6 is 0 Å². The first-order valence-electron chi connectivity index (χ1n) is 5.18. The fourth-order valence-electron chi connectivity index (χ4n) is 1.34. The predicted molar refractivity (Wildman–Crippen MR) is 60.6 cm³/mol. The lowest BCUT2D eigenvalue weighted by atomic mass is 9.97. The number of aliphatic hydroxyl groups excluding tert-OH is 1. The van der Waals surface area contributed by atoms with Gasteiger partial charge in [0.05, 0.1) is 18.3 Å². The first-order valence-corrected chi connectivity index (χ1v) is 5.18. The largest absolute Gasteiger partial charge is 0.394 e. The number of hydrogen-bond acceptors (Lipinski definition) is 3. The first-order chi connectivity index (χ1) is 6.74. The van der Waals surface area contributed by atoms with Crippen LogP contribution in [0.3, 0.4) is 0 Å². The predicted octanol–water partition coefficient (Wildman–Crippen LogP) is 0.890. The number of nitrogens with zero attached hydrogens (tertiary/aromatic N) is 2. The van der Waals surface area contributed by atoms with Crippen molar-refractivity contribution < 1.29 is 5.11 Å². The van der Waals surface area contributed by atoms with Gasteiger partial charge in [-0.15, -0.1) is 0 Å². The molecule has 1 aromatic rings. The van der Waals surface area contributed by atoms with Gasteiger partial charge in [0.1, 0.15) is 0 Å². The summed E-state index contributed by atoms with van der Waals surface area (Å²) in [6.45, 7) is 8.10. The van der Waals surface area contributed by atoms with E-state index >= 15 is 0 Å². The molecule has 1 heterocycles. The van der Waals surface area contributed by atoms with E-state index in [1.165, 1.54) is 0 Å². The topological polar surface area (TPSA) is 64.1 Å². The highest BCUT2D eigenvalue weighted by atomic mass is 16.3. The summed E-state index contributed by atoms with van der Waals surface area (Å²) >= 11 is 0. The Labute approximate surface area is 91.1 Å². The summed E-state index contributed by atoms with van der Waals surface area (Å²) < 4.78 is 1.91. The summed E-state index contributed by atoms with van der Waals surface area (Å²) in [6, 6.07) is 0. The van der Waals surface area contributed by atoms with Gasteiger partial charge in [0.15, 0.2) is 0 Å². The maximum Gasteiger partial charge on any atom is 0.0611 e. The number of hydrogen-bond donors (Lipinski definition) is 2. The quantitative estimate of drug-likeness (QED) is 0.780. The monoisotopic (exact) mass is 211 g/mol. The zero-order valence-electron chi connectivity index (χ0n) is 9.99. The lowest BCUT2D eigenvalue weighted by molar-refractivity contribution is 0.208. The van der Waals surface area contributed by atoms with Gasteiger partial charge in [-0.2, -0.15) is 5.10 Å². The molecule has 86 valence electrons. The third-order valence-electron chi connectivity index (χ3n) is 2.29. The lowest BCUT2D eigenvalue weighted by Gasteiger charge is -2.21. The molecule has 0 saturated carbocycles. The Hall–Kier alpha value is -0.870. The molecular weight excluding hydrogens is 190 g/mol. The molecule has 1 atom stereocenters. The highest BCUT2D eigenvalue weighted by molar-refractivity contribution is 5.09. The molecule has 0 spiro atoms. The second kappa shape index (κ2) is 3.94. The summed E-state index contributed by atoms with van der Waals surface area (Å²) in [7, 11) is 0. The maximum absolute atomic E-state index is 9.07. The Morgan fingerprint density at radius 3 is 2.40 bits per heavy atom. The minimum atomic E-state index is -0.564. The summed E-state index contributed by atoms with van der Waals surface area (Å²) in [5, 5.41) is 13.4. The summed E-state index contributed by atoms with van der Waals surface area (Å²) in [5.41, 5.74) is 6.36. The molecule has 0 aliphatic rings. The normalized spacial score (nSPS) is 16.4. The van der Waals surface area contributed by atoms with Crippen LogP contribution in [0.1, 0.15) is 33.3 Å². The van der Waals surface area contributed by atoms with E-state index in [9.17, 15) is 0 Å². The molecule has 1 unspecified atom stereocenters. The van der Waals surface area contributed by atoms with Crippen LogP contribution in [0.5, 0.6) is 0 Å². The second-order valence-electron chi connectivity index (χ2n) is 5.45. The standard InChI is InChI=1S/C11H21N3O/c1-10(2,3)14-7-9(6-13-14)5-11(4,12)8-15/h6-7,15H,5,8,12H2,1-4H3. The van der Waals surface area contributed by atoms with Crippen LogP contribution in [0.25, 0.3) is 0 Å². The highest BCUT2D eigenvalue weighted by Gasteiger charge is 2.20. The van der Waals surface area contributed by atoms with Gasteiger partial charge in [-0.25, -0.2) is 0 Å². The minimum Gasteiger partial charge on any atom is -0.394 e. The van der Waals surface area contributed by atoms with Gasteiger partial charge in [0.25, 0.3) is 0 Å². The maximum atomic E-state index is 9.07. The van der Waals surface area contributed by atoms with E-state index in [1.807, 2.05) is 24.0 Å². The van der Waals surface area contributed by atoms with Crippen LogP contribution in [0, 0.1) is 0 Å². The van der Waals surface area contributed by atoms with Crippen molar-refractivity contribution >= 4 is 0 Å². The van der Waals surface area contributed by atoms with Crippen LogP contribution in [0.4, 0.5) is 0 Å². The zero-order valence-corrected chi connectivity index (χ0v) is 9.99. The lowest BCUT2D eigenvalue weighted by Crippen LogP contribution is -2.42. The van der Waals surface area contributed by atoms with E-state index in [0.717, 1.165) is 5.56 Å². The Morgan fingerprint density at radius 2 is 2.00 bits per heavy atom. The SMILES string of the molecule is CC(N)(CO)Cc1cnn(C(C)(C)C)c1. The summed E-state index contributed by atoms with van der Waals surface area (Å²) in [4.78, 5) is 0. The van der Waals surface area contributed by atoms with Crippen LogP contribution < -0.4 is 5.73 Å². The van der Waals surface area contributed by atoms with E-state index in [1.54, 1.807) is 0 Å². The fraction of sp³-hybridized carbons (Fsp3) is 0.727. The molecule has 4 nitrogen and oxygen atoms in total. The molecule has 15 heavy (non-hydrogen) atoms. The molecular formula is C11H21N3O. The van der Waals surface area contributed by atoms with E-state index in [2.05, 4.69) is 25.9 Å². The Bertz CT molecular complexity index is 323. The average molecular weight is 211 g/mol. The average Bonchev–Trinajstić information content (AvgIpc) is 2.51. The molecule has 3 N–H and O–H groups in total. The van der Waals surface area contributed by atoms with E-state index in [0.29, 0.717) is 6.42 Å². The summed E-state index contributed by atoms with van der Waals surface area (Å²) in [5.74, 6) is 0. The van der Waals surface area contributed by atoms with Crippen LogP contribution in [-0.2, 0) is 12.0 Å². The molecule has 0 aromatic carbocycles. The molecule has 1 aromatic heterocycles. The van der Waals surface area contributed by atoms with Crippen LogP contribution in [0.2, 0.25) is 0 Å². The highest BCUT2D eigenvalue weighted by Crippen LogP contribution is 2.15. The molecule has 1 rings (SSSR count). The van der Waals surface area contributed by atoms with Gasteiger partial charge < -0.3 is 10.8 Å². The number of nitrogens with two attached hydrogens (primary N) is 1. The first kappa shape index (κ1) is 12.2. The number of aromatic nitrogens is 2. The molecule has 0 aliphatic carbocycles.